The fourth-order valence-electron chi connectivity index (χ4n) is 11.3. The average Bonchev–Trinajstić information content (AvgIpc) is 1.76. The van der Waals surface area contributed by atoms with Gasteiger partial charge in [-0.25, -0.2) is 23.8 Å². The van der Waals surface area contributed by atoms with Gasteiger partial charge in [0, 0.05) is 60.3 Å². The molecule has 6 heterocycles. The molecule has 0 bridgehead atoms. The van der Waals surface area contributed by atoms with Crippen LogP contribution < -0.4 is 32.6 Å². The van der Waals surface area contributed by atoms with Gasteiger partial charge in [-0.15, -0.1) is 0 Å². The first-order valence-electron chi connectivity index (χ1n) is 28.8. The minimum atomic E-state index is -2.10. The summed E-state index contributed by atoms with van der Waals surface area (Å²) in [6, 6.07) is -2.49. The van der Waals surface area contributed by atoms with Gasteiger partial charge < -0.3 is 85.7 Å². The molecule has 1 fully saturated rings. The van der Waals surface area contributed by atoms with Crippen LogP contribution in [0.25, 0.3) is 22.3 Å². The Morgan fingerprint density at radius 3 is 2.28 bits per heavy atom. The highest BCUT2D eigenvalue weighted by atomic mass is 19.1. The number of aryl methyl sites for hydroxylation is 1. The van der Waals surface area contributed by atoms with Crippen LogP contribution >= 0.6 is 0 Å². The van der Waals surface area contributed by atoms with E-state index in [1.807, 2.05) is 0 Å². The number of carbonyl (C=O) groups is 9. The number of hydrogen-bond acceptors (Lipinski definition) is 21. The van der Waals surface area contributed by atoms with Crippen molar-refractivity contribution in [1.82, 2.24) is 40.6 Å². The van der Waals surface area contributed by atoms with E-state index >= 15 is 4.39 Å². The number of fused-ring (bicyclic) bond motifs is 5. The molecule has 8 rings (SSSR count). The molecule has 30 heteroatoms. The van der Waals surface area contributed by atoms with Gasteiger partial charge >= 0.3 is 18.0 Å². The second-order valence-corrected chi connectivity index (χ2v) is 23.6. The van der Waals surface area contributed by atoms with Crippen LogP contribution in [0.2, 0.25) is 0 Å². The number of hydrogen-bond donors (Lipinski definition) is 10. The molecular weight excluding hydrogens is 1160 g/mol. The summed E-state index contributed by atoms with van der Waals surface area (Å²) in [6.07, 6.45) is -8.87. The molecule has 1 saturated heterocycles. The number of nitrogens with zero attached hydrogens (tertiary/aromatic N) is 4. The molecule has 10 atom stereocenters. The minimum absolute atomic E-state index is 0.00568. The first-order valence-corrected chi connectivity index (χ1v) is 28.8. The molecule has 0 unspecified atom stereocenters. The average molecular weight is 1240 g/mol. The third-order valence-electron chi connectivity index (χ3n) is 16.6. The SMILES string of the molecule is CC[C@@]1(O)C(=O)OCc2c1cc1n(c2=O)Cc2c-1nc1cc(F)c(C)c3c1c2[C@@H](NC(=O)C(C)(C)COCNC(=O)[C@H](CO[C@@H]1O[C@H](C(=O)O)[C@@H](O)[C@H](O)[C@H]1O)NC(=O)[C@@H](NC(=O)CCN(C(=O)OC[C@H](CN)N1C(=O)C=CC1=O)C(C)C)C(C)C)CC3. The van der Waals surface area contributed by atoms with E-state index < -0.39 is 163 Å². The Kier molecular flexibility index (Phi) is 19.9. The van der Waals surface area contributed by atoms with Crippen LogP contribution in [0, 0.1) is 24.1 Å². The Morgan fingerprint density at radius 1 is 0.955 bits per heavy atom. The molecule has 11 N–H and O–H groups in total. The highest BCUT2D eigenvalue weighted by Crippen LogP contribution is 2.46. The van der Waals surface area contributed by atoms with E-state index in [0.29, 0.717) is 46.2 Å². The van der Waals surface area contributed by atoms with Gasteiger partial charge in [0.2, 0.25) is 23.6 Å². The number of halogens is 1. The molecule has 29 nitrogen and oxygen atoms in total. The first-order chi connectivity index (χ1) is 41.4. The van der Waals surface area contributed by atoms with Gasteiger partial charge in [-0.2, -0.15) is 0 Å². The standard InChI is InChI=1S/C58H74FN9O20/c1-9-58(83)32-16-37-44-30(19-67(37)51(77)31(32)21-86-55(58)81)42-34(11-10-29-27(6)33(59)17-35(62-44)41(29)42)64-54(80)57(7,8)23-84-24-61-49(75)36(22-85-53-47(74)45(72)46(73)48(88-53)52(78)79)63-50(76)43(25(2)3)65-38(69)14-15-66(26(4)5)56(82)87-20-28(18-60)68-39(70)12-13-40(68)71/h12-13,16-17,25-26,28,34,36,43,45-48,53,72-74,83H,9-11,14-15,18-24,60H2,1-8H3,(H,61,75)(H,63,76)(H,64,80)(H,65,69)(H,78,79)/t28-,34-,36-,43-,45-,46-,47+,48-,53+,58-/m0/s1. The predicted molar refractivity (Wildman–Crippen MR) is 302 cm³/mol. The van der Waals surface area contributed by atoms with Crippen LogP contribution in [0.3, 0.4) is 0 Å². The highest BCUT2D eigenvalue weighted by molar-refractivity contribution is 6.13. The largest absolute Gasteiger partial charge is 0.479 e. The van der Waals surface area contributed by atoms with E-state index in [1.54, 1.807) is 55.4 Å². The van der Waals surface area contributed by atoms with Crippen molar-refractivity contribution in [3.05, 3.63) is 73.8 Å². The van der Waals surface area contributed by atoms with Crippen molar-refractivity contribution in [2.45, 2.75) is 161 Å². The predicted octanol–water partition coefficient (Wildman–Crippen LogP) is -1.23. The maximum atomic E-state index is 15.6. The normalized spacial score (nSPS) is 23.0. The van der Waals surface area contributed by atoms with Gasteiger partial charge in [-0.3, -0.25) is 38.5 Å². The Bertz CT molecular complexity index is 3390. The number of aliphatic hydroxyl groups is 4. The number of nitrogens with one attached hydrogen (secondary N) is 4. The van der Waals surface area contributed by atoms with Crippen molar-refractivity contribution < 1.29 is 96.8 Å². The van der Waals surface area contributed by atoms with Gasteiger partial charge in [0.25, 0.3) is 17.4 Å². The Morgan fingerprint density at radius 2 is 1.65 bits per heavy atom. The third kappa shape index (κ3) is 13.0. The molecule has 3 aromatic rings. The number of imide groups is 1. The minimum Gasteiger partial charge on any atom is -0.479 e. The molecule has 0 saturated carbocycles. The number of pyridine rings is 2. The topological polar surface area (TPSA) is 416 Å². The first kappa shape index (κ1) is 66.1. The number of aliphatic carboxylic acids is 1. The zero-order chi connectivity index (χ0) is 64.6. The molecular formula is C58H74FN9O20. The van der Waals surface area contributed by atoms with Crippen molar-refractivity contribution >= 4 is 64.4 Å². The number of benzene rings is 1. The summed E-state index contributed by atoms with van der Waals surface area (Å²) >= 11 is 0. The zero-order valence-electron chi connectivity index (χ0n) is 49.7. The van der Waals surface area contributed by atoms with Crippen molar-refractivity contribution in [2.24, 2.45) is 17.1 Å². The van der Waals surface area contributed by atoms with Gasteiger partial charge in [0.05, 0.1) is 59.7 Å². The monoisotopic (exact) mass is 1240 g/mol. The number of amides is 7. The maximum Gasteiger partial charge on any atom is 0.410 e. The van der Waals surface area contributed by atoms with E-state index in [-0.39, 0.29) is 68.0 Å². The number of carbonyl (C=O) groups excluding carboxylic acids is 8. The number of aliphatic hydroxyl groups excluding tert-OH is 3. The number of cyclic esters (lactones) is 1. The zero-order valence-corrected chi connectivity index (χ0v) is 49.7. The van der Waals surface area contributed by atoms with Crippen LogP contribution in [0.15, 0.2) is 29.1 Å². The molecule has 0 radical (unpaired) electrons. The number of rotatable bonds is 24. The third-order valence-corrected chi connectivity index (χ3v) is 16.6. The lowest BCUT2D eigenvalue weighted by atomic mass is 9.81. The Hall–Kier alpha value is -7.84. The summed E-state index contributed by atoms with van der Waals surface area (Å²) in [7, 11) is 0. The second-order valence-electron chi connectivity index (χ2n) is 23.6. The van der Waals surface area contributed by atoms with Crippen molar-refractivity contribution in [3.8, 4) is 11.4 Å². The van der Waals surface area contributed by atoms with Crippen molar-refractivity contribution in [1.29, 1.82) is 0 Å². The molecule has 1 aromatic carbocycles. The highest BCUT2D eigenvalue weighted by Gasteiger charge is 2.49. The maximum absolute atomic E-state index is 15.6. The fraction of sp³-hybridized carbons (Fsp3) is 0.569. The Balaban J connectivity index is 0.939. The van der Waals surface area contributed by atoms with Crippen LogP contribution in [-0.2, 0) is 87.2 Å². The lowest BCUT2D eigenvalue weighted by Gasteiger charge is -2.38. The summed E-state index contributed by atoms with van der Waals surface area (Å²) in [5.74, 6) is -8.25. The van der Waals surface area contributed by atoms with Crippen molar-refractivity contribution in [2.75, 3.05) is 39.6 Å². The van der Waals surface area contributed by atoms with E-state index in [1.165, 1.54) is 21.6 Å². The molecule has 0 spiro atoms. The number of esters is 1. The smallest absolute Gasteiger partial charge is 0.410 e. The number of nitrogens with two attached hydrogens (primary N) is 1. The van der Waals surface area contributed by atoms with Crippen LogP contribution in [0.4, 0.5) is 9.18 Å². The van der Waals surface area contributed by atoms with Crippen molar-refractivity contribution in [3.63, 3.8) is 0 Å². The quantitative estimate of drug-likeness (QED) is 0.0170. The Labute approximate surface area is 503 Å². The number of aromatic nitrogens is 2. The molecule has 4 aliphatic heterocycles. The van der Waals surface area contributed by atoms with Crippen LogP contribution in [-0.4, -0.2) is 193 Å². The summed E-state index contributed by atoms with van der Waals surface area (Å²) in [5.41, 5.74) is 5.10. The summed E-state index contributed by atoms with van der Waals surface area (Å²) in [4.78, 5) is 139. The number of ether oxygens (including phenoxy) is 5. The van der Waals surface area contributed by atoms with Crippen LogP contribution in [0.5, 0.6) is 0 Å². The molecule has 88 heavy (non-hydrogen) atoms. The molecule has 478 valence electrons. The summed E-state index contributed by atoms with van der Waals surface area (Å²) < 4.78 is 44.3. The van der Waals surface area contributed by atoms with Gasteiger partial charge in [0.15, 0.2) is 18.0 Å². The number of carboxylic acids is 1. The van der Waals surface area contributed by atoms with Crippen LogP contribution in [0.1, 0.15) is 107 Å². The van der Waals surface area contributed by atoms with E-state index in [9.17, 15) is 73.5 Å². The van der Waals surface area contributed by atoms with E-state index in [4.69, 9.17) is 34.4 Å². The van der Waals surface area contributed by atoms with Gasteiger partial charge in [-0.05, 0) is 82.6 Å². The molecule has 7 amide bonds. The van der Waals surface area contributed by atoms with E-state index in [0.717, 1.165) is 17.1 Å². The summed E-state index contributed by atoms with van der Waals surface area (Å²) in [5, 5.41) is 63.7. The van der Waals surface area contributed by atoms with Gasteiger partial charge in [0.1, 0.15) is 56.2 Å². The van der Waals surface area contributed by atoms with Gasteiger partial charge in [-0.1, -0.05) is 20.8 Å². The second kappa shape index (κ2) is 26.5. The lowest BCUT2D eigenvalue weighted by molar-refractivity contribution is -0.294. The van der Waals surface area contributed by atoms with E-state index in [2.05, 4.69) is 21.3 Å². The number of carboxylic acid groups (broad SMARTS) is 1. The molecule has 5 aliphatic rings. The fourth-order valence-corrected chi connectivity index (χ4v) is 11.3. The summed E-state index contributed by atoms with van der Waals surface area (Å²) in [6.45, 7) is 9.74. The molecule has 2 aromatic heterocycles. The molecule has 1 aliphatic carbocycles. The lowest BCUT2D eigenvalue weighted by Crippen LogP contribution is -2.61.